The number of aliphatic hydroxyl groups is 3. The Bertz CT molecular complexity index is 930. The Kier molecular flexibility index (Phi) is 5.73. The maximum absolute atomic E-state index is 12.8. The monoisotopic (exact) mass is 488 g/mol. The number of hydrogen-bond donors (Lipinski definition) is 4. The van der Waals surface area contributed by atoms with Crippen LogP contribution in [0.5, 0.6) is 0 Å². The summed E-state index contributed by atoms with van der Waals surface area (Å²) < 4.78 is 0. The average molecular weight is 489 g/mol. The number of carboxylic acids is 1. The van der Waals surface area contributed by atoms with E-state index in [1.807, 2.05) is 6.92 Å². The molecule has 0 heterocycles. The molecule has 5 rings (SSSR count). The first-order valence-electron chi connectivity index (χ1n) is 14.1. The van der Waals surface area contributed by atoms with E-state index in [2.05, 4.69) is 40.7 Å². The Morgan fingerprint density at radius 3 is 2.31 bits per heavy atom. The number of allylic oxidation sites excluding steroid dienone is 2. The van der Waals surface area contributed by atoms with Crippen molar-refractivity contribution in [3.05, 3.63) is 11.6 Å². The van der Waals surface area contributed by atoms with Gasteiger partial charge in [0, 0.05) is 5.41 Å². The number of carboxylic acid groups (broad SMARTS) is 1. The molecule has 5 nitrogen and oxygen atoms in total. The molecule has 0 aromatic rings. The molecule has 4 N–H and O–H groups in total. The van der Waals surface area contributed by atoms with Crippen LogP contribution in [0.15, 0.2) is 11.6 Å². The van der Waals surface area contributed by atoms with Gasteiger partial charge in [0.15, 0.2) is 0 Å². The number of fused-ring (bicyclic) bond motifs is 7. The van der Waals surface area contributed by atoms with Gasteiger partial charge in [-0.3, -0.25) is 4.79 Å². The van der Waals surface area contributed by atoms with Crippen molar-refractivity contribution in [2.45, 2.75) is 105 Å². The second kappa shape index (κ2) is 7.80. The largest absolute Gasteiger partial charge is 0.481 e. The molecule has 0 radical (unpaired) electrons. The van der Waals surface area contributed by atoms with Crippen molar-refractivity contribution in [1.29, 1.82) is 0 Å². The molecule has 0 aromatic heterocycles. The molecule has 5 aliphatic carbocycles. The lowest BCUT2D eigenvalue weighted by Crippen LogP contribution is -2.68. The van der Waals surface area contributed by atoms with E-state index in [9.17, 15) is 25.2 Å². The normalized spacial score (nSPS) is 57.7. The molecule has 0 bridgehead atoms. The van der Waals surface area contributed by atoms with Gasteiger partial charge in [-0.2, -0.15) is 0 Å². The van der Waals surface area contributed by atoms with Crippen LogP contribution < -0.4 is 0 Å². The van der Waals surface area contributed by atoms with E-state index in [1.165, 1.54) is 5.57 Å². The molecular formula is C30H48O5. The molecule has 5 heteroatoms. The van der Waals surface area contributed by atoms with E-state index in [0.29, 0.717) is 24.2 Å². The molecule has 0 aliphatic heterocycles. The lowest BCUT2D eigenvalue weighted by atomic mass is 9.33. The van der Waals surface area contributed by atoms with Crippen LogP contribution in [0.4, 0.5) is 0 Å². The molecular weight excluding hydrogens is 440 g/mol. The van der Waals surface area contributed by atoms with Crippen molar-refractivity contribution in [3.63, 3.8) is 0 Å². The molecule has 0 unspecified atom stereocenters. The van der Waals surface area contributed by atoms with Crippen LogP contribution in [0, 0.1) is 56.7 Å². The van der Waals surface area contributed by atoms with E-state index < -0.39 is 29.0 Å². The Morgan fingerprint density at radius 1 is 1.00 bits per heavy atom. The van der Waals surface area contributed by atoms with Crippen molar-refractivity contribution in [2.75, 3.05) is 6.61 Å². The zero-order valence-corrected chi connectivity index (χ0v) is 22.7. The van der Waals surface area contributed by atoms with Gasteiger partial charge in [0.2, 0.25) is 0 Å². The molecule has 35 heavy (non-hydrogen) atoms. The summed E-state index contributed by atoms with van der Waals surface area (Å²) in [5, 5.41) is 42.9. The molecule has 0 spiro atoms. The predicted octanol–water partition coefficient (Wildman–Crippen LogP) is 5.03. The molecule has 4 saturated carbocycles. The Labute approximate surface area is 211 Å². The summed E-state index contributed by atoms with van der Waals surface area (Å²) in [5.41, 5.74) is -0.214. The van der Waals surface area contributed by atoms with E-state index >= 15 is 0 Å². The first kappa shape index (κ1) is 25.7. The summed E-state index contributed by atoms with van der Waals surface area (Å²) in [6.07, 6.45) is 7.51. The summed E-state index contributed by atoms with van der Waals surface area (Å²) in [6.45, 7) is 13.6. The van der Waals surface area contributed by atoms with Gasteiger partial charge < -0.3 is 20.4 Å². The van der Waals surface area contributed by atoms with Gasteiger partial charge in [-0.1, -0.05) is 53.2 Å². The van der Waals surface area contributed by atoms with Crippen molar-refractivity contribution < 1.29 is 25.2 Å². The van der Waals surface area contributed by atoms with E-state index in [1.54, 1.807) is 0 Å². The number of aliphatic hydroxyl groups excluding tert-OH is 3. The third-order valence-electron chi connectivity index (χ3n) is 13.5. The third kappa shape index (κ3) is 2.95. The second-order valence-corrected chi connectivity index (χ2v) is 14.5. The number of aliphatic carboxylic acids is 1. The highest BCUT2D eigenvalue weighted by Crippen LogP contribution is 2.75. The molecule has 4 fully saturated rings. The van der Waals surface area contributed by atoms with Crippen molar-refractivity contribution in [2.24, 2.45) is 56.7 Å². The maximum atomic E-state index is 12.8. The smallest absolute Gasteiger partial charge is 0.310 e. The van der Waals surface area contributed by atoms with Crippen LogP contribution in [-0.4, -0.2) is 45.2 Å². The fourth-order valence-corrected chi connectivity index (χ4v) is 11.0. The summed E-state index contributed by atoms with van der Waals surface area (Å²) in [5.74, 6) is 0.828. The first-order valence-corrected chi connectivity index (χ1v) is 14.1. The van der Waals surface area contributed by atoms with E-state index in [4.69, 9.17) is 0 Å². The minimum atomic E-state index is -0.907. The van der Waals surface area contributed by atoms with Crippen LogP contribution in [-0.2, 0) is 4.79 Å². The Balaban J connectivity index is 1.62. The van der Waals surface area contributed by atoms with Gasteiger partial charge >= 0.3 is 5.97 Å². The summed E-state index contributed by atoms with van der Waals surface area (Å²) in [7, 11) is 0. The van der Waals surface area contributed by atoms with Crippen LogP contribution in [0.2, 0.25) is 0 Å². The zero-order valence-electron chi connectivity index (χ0n) is 22.7. The van der Waals surface area contributed by atoms with Gasteiger partial charge in [-0.05, 0) is 97.2 Å². The van der Waals surface area contributed by atoms with Crippen LogP contribution in [0.1, 0.15) is 92.9 Å². The van der Waals surface area contributed by atoms with Crippen molar-refractivity contribution in [1.82, 2.24) is 0 Å². The maximum Gasteiger partial charge on any atom is 0.310 e. The lowest BCUT2D eigenvalue weighted by molar-refractivity contribution is -0.244. The lowest BCUT2D eigenvalue weighted by Gasteiger charge is -2.71. The van der Waals surface area contributed by atoms with Gasteiger partial charge in [0.05, 0.1) is 24.2 Å². The van der Waals surface area contributed by atoms with Gasteiger partial charge in [0.1, 0.15) is 0 Å². The SMILES string of the molecule is C[C@@H]1[C@H](C)CC[C@]2(C(=O)O)CC[C@]3(C)C(=CC[C@H]4[C@@]5(C)C[C@@H](O)[C@H](O)[C@@](C)(CO)[C@@H]5CC[C@]43C)[C@@H]12. The summed E-state index contributed by atoms with van der Waals surface area (Å²) in [6, 6.07) is 0. The van der Waals surface area contributed by atoms with Crippen LogP contribution >= 0.6 is 0 Å². The highest BCUT2D eigenvalue weighted by atomic mass is 16.4. The fraction of sp³-hybridized carbons (Fsp3) is 0.900. The van der Waals surface area contributed by atoms with Crippen molar-refractivity contribution in [3.8, 4) is 0 Å². The Hall–Kier alpha value is -0.910. The minimum absolute atomic E-state index is 0.00815. The average Bonchev–Trinajstić information content (AvgIpc) is 2.80. The Morgan fingerprint density at radius 2 is 1.69 bits per heavy atom. The molecule has 0 aromatic carbocycles. The predicted molar refractivity (Wildman–Crippen MR) is 135 cm³/mol. The van der Waals surface area contributed by atoms with Gasteiger partial charge in [-0.15, -0.1) is 0 Å². The topological polar surface area (TPSA) is 98.0 Å². The summed E-state index contributed by atoms with van der Waals surface area (Å²) >= 11 is 0. The fourth-order valence-electron chi connectivity index (χ4n) is 11.0. The minimum Gasteiger partial charge on any atom is -0.481 e. The highest BCUT2D eigenvalue weighted by Gasteiger charge is 2.70. The molecule has 198 valence electrons. The van der Waals surface area contributed by atoms with Gasteiger partial charge in [0.25, 0.3) is 0 Å². The zero-order chi connectivity index (χ0) is 25.8. The van der Waals surface area contributed by atoms with Crippen LogP contribution in [0.25, 0.3) is 0 Å². The first-order chi connectivity index (χ1) is 16.2. The van der Waals surface area contributed by atoms with Crippen LogP contribution in [0.3, 0.4) is 0 Å². The molecule has 12 atom stereocenters. The summed E-state index contributed by atoms with van der Waals surface area (Å²) in [4.78, 5) is 12.8. The molecule has 5 aliphatic rings. The number of rotatable bonds is 2. The molecule has 0 saturated heterocycles. The van der Waals surface area contributed by atoms with Crippen molar-refractivity contribution >= 4 is 5.97 Å². The van der Waals surface area contributed by atoms with E-state index in [-0.39, 0.29) is 34.7 Å². The number of carbonyl (C=O) groups is 1. The van der Waals surface area contributed by atoms with E-state index in [0.717, 1.165) is 44.9 Å². The standard InChI is InChI=1S/C30H48O5/c1-17-9-12-30(25(34)35)14-13-28(5)19(23(30)18(17)2)7-8-22-26(3)15-20(32)24(33)27(4,16-31)21(26)10-11-29(22,28)6/h7,17-18,20-24,31-33H,8-16H2,1-6H3,(H,34,35)/t17-,18-,20-,21-,22+,23-,24+,26+,27+,28-,29-,30+/m1/s1. The second-order valence-electron chi connectivity index (χ2n) is 14.5. The van der Waals surface area contributed by atoms with Gasteiger partial charge in [-0.25, -0.2) is 0 Å². The molecule has 0 amide bonds. The number of hydrogen-bond acceptors (Lipinski definition) is 4. The third-order valence-corrected chi connectivity index (χ3v) is 13.5. The quantitative estimate of drug-likeness (QED) is 0.409. The highest BCUT2D eigenvalue weighted by molar-refractivity contribution is 5.76.